The van der Waals surface area contributed by atoms with Crippen molar-refractivity contribution >= 4 is 31.2 Å². The molecule has 0 saturated heterocycles. The van der Waals surface area contributed by atoms with Crippen molar-refractivity contribution in [2.45, 2.75) is 137 Å². The minimum absolute atomic E-state index is 0.000719. The molecule has 3 aromatic rings. The van der Waals surface area contributed by atoms with Crippen molar-refractivity contribution in [1.29, 1.82) is 0 Å². The first-order valence-corrected chi connectivity index (χ1v) is 27.3. The molecule has 0 heterocycles. The van der Waals surface area contributed by atoms with E-state index in [9.17, 15) is 34.0 Å². The largest absolute Gasteiger partial charge is 0.428 e. The van der Waals surface area contributed by atoms with Crippen molar-refractivity contribution in [2.75, 3.05) is 19.5 Å². The van der Waals surface area contributed by atoms with E-state index < -0.39 is 44.3 Å². The second-order valence-corrected chi connectivity index (χ2v) is 23.5. The molecule has 69 heavy (non-hydrogen) atoms. The Kier molecular flexibility index (Phi) is 18.2. The van der Waals surface area contributed by atoms with Gasteiger partial charge in [0.15, 0.2) is 0 Å². The van der Waals surface area contributed by atoms with E-state index in [0.717, 1.165) is 61.6 Å². The van der Waals surface area contributed by atoms with Crippen LogP contribution in [0.3, 0.4) is 0 Å². The first-order valence-electron chi connectivity index (χ1n) is 25.6. The predicted octanol–water partition coefficient (Wildman–Crippen LogP) is 10.0. The molecule has 4 aliphatic carbocycles. The van der Waals surface area contributed by atoms with E-state index in [4.69, 9.17) is 18.5 Å². The summed E-state index contributed by atoms with van der Waals surface area (Å²) in [7, 11) is -3.93. The van der Waals surface area contributed by atoms with Crippen molar-refractivity contribution in [3.05, 3.63) is 108 Å². The van der Waals surface area contributed by atoms with Gasteiger partial charge in [0.2, 0.25) is 12.7 Å². The van der Waals surface area contributed by atoms with Crippen molar-refractivity contribution in [3.8, 4) is 0 Å². The van der Waals surface area contributed by atoms with E-state index >= 15 is 0 Å². The standard InChI is InChI=1S/C56H76NO11P/c1-38(47-24-25-48-46-23-22-44-31-45(58)28-29-55(44,3)49(46)32-50(59)56(47,48)4)20-26-51(60)57-33-53(62)66-37-65-52(61)27-21-43(54(63)39(2)30-40-14-8-5-9-15-40)36-69(64,67-34-41-16-10-6-11-17-41)68-35-42-18-12-7-13-19-42/h5-19,38-39,43-50,58-59H,20-37H2,1-4H3,(H,57,60)/t38-,39?,43?,44-,45-,46?,47?,48?,49?,50+,55+,56-/m1/s1. The fraction of sp³-hybridized carbons (Fsp3) is 0.607. The first kappa shape index (κ1) is 52.6. The summed E-state index contributed by atoms with van der Waals surface area (Å²) in [5, 5.41) is 25.0. The summed E-state index contributed by atoms with van der Waals surface area (Å²) in [4.78, 5) is 52.8. The number of ketones is 1. The fourth-order valence-corrected chi connectivity index (χ4v) is 15.1. The summed E-state index contributed by atoms with van der Waals surface area (Å²) in [6.45, 7) is 7.68. The quantitative estimate of drug-likeness (QED) is 0.0469. The lowest BCUT2D eigenvalue weighted by atomic mass is 9.43. The van der Waals surface area contributed by atoms with Crippen LogP contribution in [-0.2, 0) is 61.9 Å². The van der Waals surface area contributed by atoms with E-state index in [0.29, 0.717) is 42.4 Å². The number of hydrogen-bond acceptors (Lipinski definition) is 11. The number of ether oxygens (including phenoxy) is 2. The Morgan fingerprint density at radius 2 is 1.33 bits per heavy atom. The molecule has 4 fully saturated rings. The Balaban J connectivity index is 0.868. The highest BCUT2D eigenvalue weighted by molar-refractivity contribution is 7.53. The normalized spacial score (nSPS) is 28.8. The van der Waals surface area contributed by atoms with Gasteiger partial charge in [-0.1, -0.05) is 119 Å². The van der Waals surface area contributed by atoms with Gasteiger partial charge in [-0.25, -0.2) is 0 Å². The highest BCUT2D eigenvalue weighted by Crippen LogP contribution is 2.68. The molecule has 4 aliphatic rings. The number of nitrogens with one attached hydrogen (secondary N) is 1. The van der Waals surface area contributed by atoms with Gasteiger partial charge in [0.25, 0.3) is 0 Å². The molecular formula is C56H76NO11P. The smallest absolute Gasteiger partial charge is 0.332 e. The van der Waals surface area contributed by atoms with Crippen LogP contribution in [0.1, 0.15) is 121 Å². The number of benzene rings is 3. The molecule has 1 amide bonds. The summed E-state index contributed by atoms with van der Waals surface area (Å²) in [6.07, 6.45) is 8.30. The molecule has 3 N–H and O–H groups in total. The Labute approximate surface area is 409 Å². The van der Waals surface area contributed by atoms with E-state index in [2.05, 4.69) is 26.1 Å². The third-order valence-corrected chi connectivity index (χ3v) is 19.1. The zero-order valence-electron chi connectivity index (χ0n) is 41.2. The Hall–Kier alpha value is -4.19. The molecule has 6 unspecified atom stereocenters. The van der Waals surface area contributed by atoms with Gasteiger partial charge < -0.3 is 34.1 Å². The summed E-state index contributed by atoms with van der Waals surface area (Å²) in [5.74, 6) is -0.742. The zero-order valence-corrected chi connectivity index (χ0v) is 42.1. The Morgan fingerprint density at radius 3 is 1.97 bits per heavy atom. The third kappa shape index (κ3) is 13.2. The molecule has 376 valence electrons. The Bertz CT molecular complexity index is 2160. The van der Waals surface area contributed by atoms with Crippen molar-refractivity contribution in [2.24, 2.45) is 58.2 Å². The number of hydrogen-bond donors (Lipinski definition) is 3. The molecule has 0 bridgehead atoms. The van der Waals surface area contributed by atoms with Crippen LogP contribution in [0.4, 0.5) is 0 Å². The van der Waals surface area contributed by atoms with Crippen LogP contribution in [0.5, 0.6) is 0 Å². The van der Waals surface area contributed by atoms with Gasteiger partial charge in [0.1, 0.15) is 12.3 Å². The number of fused-ring (bicyclic) bond motifs is 5. The molecule has 3 aromatic carbocycles. The predicted molar refractivity (Wildman–Crippen MR) is 263 cm³/mol. The van der Waals surface area contributed by atoms with Gasteiger partial charge in [0, 0.05) is 24.7 Å². The highest BCUT2D eigenvalue weighted by Gasteiger charge is 2.63. The second-order valence-electron chi connectivity index (χ2n) is 21.4. The molecule has 7 rings (SSSR count). The lowest BCUT2D eigenvalue weighted by Crippen LogP contribution is -2.58. The van der Waals surface area contributed by atoms with E-state index in [1.165, 1.54) is 6.42 Å². The number of rotatable bonds is 23. The van der Waals surface area contributed by atoms with Crippen LogP contribution in [0.15, 0.2) is 91.0 Å². The zero-order chi connectivity index (χ0) is 49.2. The van der Waals surface area contributed by atoms with Crippen LogP contribution in [0.2, 0.25) is 0 Å². The van der Waals surface area contributed by atoms with Crippen molar-refractivity contribution < 1.29 is 52.5 Å². The van der Waals surface area contributed by atoms with E-state index in [1.807, 2.05) is 97.9 Å². The molecule has 13 heteroatoms. The number of Topliss-reactive ketones (excluding diaryl/α,β-unsaturated/α-hetero) is 1. The maximum absolute atomic E-state index is 14.5. The SMILES string of the molecule is CC(Cc1ccccc1)C(=O)C(CCC(=O)OCOC(=O)CNC(=O)CC[C@@H](C)C1CCC2C3CC[C@@H]4C[C@H](O)CC[C@]4(C)C3C[C@H](O)[C@@]21C)CP(=O)(OCc1ccccc1)OCc1ccccc1. The number of esters is 2. The van der Waals surface area contributed by atoms with Gasteiger partial charge in [-0.05, 0) is 134 Å². The van der Waals surface area contributed by atoms with Crippen LogP contribution in [0.25, 0.3) is 0 Å². The van der Waals surface area contributed by atoms with Gasteiger partial charge in [0.05, 0.1) is 31.6 Å². The monoisotopic (exact) mass is 970 g/mol. The molecular weight excluding hydrogens is 894 g/mol. The number of amides is 1. The first-order chi connectivity index (χ1) is 33.1. The summed E-state index contributed by atoms with van der Waals surface area (Å²) >= 11 is 0. The Morgan fingerprint density at radius 1 is 0.725 bits per heavy atom. The molecule has 4 saturated carbocycles. The highest BCUT2D eigenvalue weighted by atomic mass is 31.2. The lowest BCUT2D eigenvalue weighted by Gasteiger charge is -2.62. The maximum atomic E-state index is 14.5. The number of carbonyl (C=O) groups excluding carboxylic acids is 4. The van der Waals surface area contributed by atoms with Crippen LogP contribution in [0, 0.1) is 58.2 Å². The van der Waals surface area contributed by atoms with Gasteiger partial charge >= 0.3 is 19.5 Å². The molecule has 0 aromatic heterocycles. The van der Waals surface area contributed by atoms with Crippen molar-refractivity contribution in [1.82, 2.24) is 5.32 Å². The molecule has 0 radical (unpaired) electrons. The fourth-order valence-electron chi connectivity index (χ4n) is 13.3. The molecule has 12 nitrogen and oxygen atoms in total. The number of aliphatic hydroxyl groups is 2. The molecule has 12 atom stereocenters. The van der Waals surface area contributed by atoms with Crippen molar-refractivity contribution in [3.63, 3.8) is 0 Å². The summed E-state index contributed by atoms with van der Waals surface area (Å²) in [5.41, 5.74) is 2.51. The molecule has 0 aliphatic heterocycles. The average molecular weight is 970 g/mol. The van der Waals surface area contributed by atoms with E-state index in [1.54, 1.807) is 0 Å². The molecule has 0 spiro atoms. The third-order valence-electron chi connectivity index (χ3n) is 17.2. The summed E-state index contributed by atoms with van der Waals surface area (Å²) < 4.78 is 37.0. The number of carbonyl (C=O) groups is 4. The van der Waals surface area contributed by atoms with E-state index in [-0.39, 0.29) is 79.7 Å². The maximum Gasteiger partial charge on any atom is 0.332 e. The van der Waals surface area contributed by atoms with Crippen LogP contribution >= 0.6 is 7.60 Å². The van der Waals surface area contributed by atoms with Gasteiger partial charge in [-0.15, -0.1) is 0 Å². The minimum atomic E-state index is -3.93. The topological polar surface area (TPSA) is 175 Å². The second kappa shape index (κ2) is 23.8. The lowest BCUT2D eigenvalue weighted by molar-refractivity contribution is -0.175. The average Bonchev–Trinajstić information content (AvgIpc) is 3.72. The minimum Gasteiger partial charge on any atom is -0.428 e. The van der Waals surface area contributed by atoms with Gasteiger partial charge in [-0.2, -0.15) is 0 Å². The number of aliphatic hydroxyl groups excluding tert-OH is 2. The van der Waals surface area contributed by atoms with Crippen LogP contribution in [-0.4, -0.2) is 65.5 Å². The summed E-state index contributed by atoms with van der Waals surface area (Å²) in [6, 6.07) is 28.1. The van der Waals surface area contributed by atoms with Crippen LogP contribution < -0.4 is 5.32 Å². The van der Waals surface area contributed by atoms with Gasteiger partial charge in [-0.3, -0.25) is 23.7 Å².